The van der Waals surface area contributed by atoms with E-state index in [1.807, 2.05) is 0 Å². The highest BCUT2D eigenvalue weighted by Crippen LogP contribution is 2.31. The van der Waals surface area contributed by atoms with Crippen LogP contribution in [-0.2, 0) is 14.4 Å². The van der Waals surface area contributed by atoms with Crippen LogP contribution in [0.2, 0.25) is 0 Å². The van der Waals surface area contributed by atoms with Crippen LogP contribution in [0.15, 0.2) is 0 Å². The number of carboxylic acids is 1. The molecule has 2 amide bonds. The van der Waals surface area contributed by atoms with Gasteiger partial charge in [0.1, 0.15) is 0 Å². The van der Waals surface area contributed by atoms with E-state index >= 15 is 0 Å². The summed E-state index contributed by atoms with van der Waals surface area (Å²) < 4.78 is 0. The Hall–Kier alpha value is -1.59. The van der Waals surface area contributed by atoms with Crippen molar-refractivity contribution in [2.75, 3.05) is 19.6 Å². The minimum absolute atomic E-state index is 0.00106. The third-order valence-corrected chi connectivity index (χ3v) is 4.31. The molecule has 0 aromatic carbocycles. The third-order valence-electron chi connectivity index (χ3n) is 4.31. The molecule has 0 aliphatic carbocycles. The van der Waals surface area contributed by atoms with Gasteiger partial charge in [-0.25, -0.2) is 0 Å². The van der Waals surface area contributed by atoms with Crippen LogP contribution in [0.25, 0.3) is 0 Å². The van der Waals surface area contributed by atoms with E-state index in [4.69, 9.17) is 5.11 Å². The fourth-order valence-corrected chi connectivity index (χ4v) is 2.64. The first kappa shape index (κ1) is 13.8. The van der Waals surface area contributed by atoms with Crippen LogP contribution in [0.4, 0.5) is 0 Å². The Morgan fingerprint density at radius 3 is 2.47 bits per heavy atom. The van der Waals surface area contributed by atoms with Gasteiger partial charge in [-0.3, -0.25) is 14.4 Å². The van der Waals surface area contributed by atoms with Crippen LogP contribution in [0, 0.1) is 11.3 Å². The van der Waals surface area contributed by atoms with E-state index in [1.165, 1.54) is 0 Å². The Morgan fingerprint density at radius 1 is 1.37 bits per heavy atom. The summed E-state index contributed by atoms with van der Waals surface area (Å²) in [5, 5.41) is 11.9. The zero-order valence-corrected chi connectivity index (χ0v) is 11.1. The summed E-state index contributed by atoms with van der Waals surface area (Å²) in [5.41, 5.74) is -0.711. The first-order valence-corrected chi connectivity index (χ1v) is 6.71. The van der Waals surface area contributed by atoms with Gasteiger partial charge in [-0.05, 0) is 26.2 Å². The van der Waals surface area contributed by atoms with Crippen molar-refractivity contribution in [3.63, 3.8) is 0 Å². The van der Waals surface area contributed by atoms with Crippen LogP contribution >= 0.6 is 0 Å². The third kappa shape index (κ3) is 2.88. The predicted molar refractivity (Wildman–Crippen MR) is 67.3 cm³/mol. The van der Waals surface area contributed by atoms with Gasteiger partial charge in [-0.15, -0.1) is 0 Å². The molecule has 0 bridgehead atoms. The highest BCUT2D eigenvalue weighted by atomic mass is 16.4. The molecule has 2 N–H and O–H groups in total. The maximum atomic E-state index is 12.3. The van der Waals surface area contributed by atoms with Gasteiger partial charge in [-0.1, -0.05) is 0 Å². The second-order valence-electron chi connectivity index (χ2n) is 5.73. The monoisotopic (exact) mass is 268 g/mol. The number of aliphatic carboxylic acids is 1. The van der Waals surface area contributed by atoms with E-state index in [0.29, 0.717) is 45.3 Å². The number of carbonyl (C=O) groups excluding carboxylic acids is 2. The van der Waals surface area contributed by atoms with Crippen molar-refractivity contribution in [1.82, 2.24) is 10.2 Å². The summed E-state index contributed by atoms with van der Waals surface area (Å²) in [6.45, 7) is 3.13. The topological polar surface area (TPSA) is 86.7 Å². The molecule has 106 valence electrons. The van der Waals surface area contributed by atoms with Crippen molar-refractivity contribution in [2.24, 2.45) is 11.3 Å². The van der Waals surface area contributed by atoms with Crippen LogP contribution in [-0.4, -0.2) is 47.4 Å². The van der Waals surface area contributed by atoms with E-state index in [0.717, 1.165) is 0 Å². The minimum atomic E-state index is -0.787. The zero-order chi connectivity index (χ0) is 14.0. The Bertz CT molecular complexity index is 389. The lowest BCUT2D eigenvalue weighted by atomic mass is 9.80. The predicted octanol–water partition coefficient (Wildman–Crippen LogP) is 0.226. The average Bonchev–Trinajstić information content (AvgIpc) is 2.39. The number of nitrogens with zero attached hydrogens (tertiary/aromatic N) is 1. The van der Waals surface area contributed by atoms with Crippen molar-refractivity contribution < 1.29 is 19.5 Å². The molecule has 6 heteroatoms. The highest BCUT2D eigenvalue weighted by molar-refractivity contribution is 5.84. The zero-order valence-electron chi connectivity index (χ0n) is 11.1. The van der Waals surface area contributed by atoms with Gasteiger partial charge in [-0.2, -0.15) is 0 Å². The number of amides is 2. The molecule has 2 heterocycles. The van der Waals surface area contributed by atoms with Gasteiger partial charge in [0, 0.05) is 26.1 Å². The summed E-state index contributed by atoms with van der Waals surface area (Å²) >= 11 is 0. The molecule has 0 aromatic heterocycles. The normalized spacial score (nSPS) is 26.7. The Labute approximate surface area is 112 Å². The molecule has 2 saturated heterocycles. The fourth-order valence-electron chi connectivity index (χ4n) is 2.64. The van der Waals surface area contributed by atoms with E-state index in [-0.39, 0.29) is 17.7 Å². The van der Waals surface area contributed by atoms with Crippen LogP contribution in [0.3, 0.4) is 0 Å². The smallest absolute Gasteiger partial charge is 0.309 e. The molecule has 1 atom stereocenters. The van der Waals surface area contributed by atoms with Gasteiger partial charge in [0.15, 0.2) is 0 Å². The molecular formula is C13H20N2O4. The van der Waals surface area contributed by atoms with Crippen LogP contribution in [0.5, 0.6) is 0 Å². The van der Waals surface area contributed by atoms with Crippen molar-refractivity contribution in [3.8, 4) is 0 Å². The Balaban J connectivity index is 1.89. The van der Waals surface area contributed by atoms with Crippen molar-refractivity contribution >= 4 is 17.8 Å². The quantitative estimate of drug-likeness (QED) is 0.750. The molecular weight excluding hydrogens is 248 g/mol. The Morgan fingerprint density at radius 2 is 2.00 bits per heavy atom. The molecule has 0 aromatic rings. The first-order valence-electron chi connectivity index (χ1n) is 6.71. The molecule has 2 aliphatic heterocycles. The van der Waals surface area contributed by atoms with Crippen LogP contribution in [0.1, 0.15) is 32.6 Å². The summed E-state index contributed by atoms with van der Waals surface area (Å²) in [7, 11) is 0. The van der Waals surface area contributed by atoms with E-state index in [1.54, 1.807) is 11.8 Å². The molecule has 1 unspecified atom stereocenters. The lowest BCUT2D eigenvalue weighted by Gasteiger charge is -2.38. The number of carboxylic acid groups (broad SMARTS) is 1. The SMILES string of the molecule is CC1(C(=O)O)CCN(C(=O)C2CCC(=O)NC2)CC1. The van der Waals surface area contributed by atoms with Gasteiger partial charge in [0.25, 0.3) is 0 Å². The van der Waals surface area contributed by atoms with E-state index in [2.05, 4.69) is 5.32 Å². The second-order valence-corrected chi connectivity index (χ2v) is 5.73. The number of carbonyl (C=O) groups is 3. The Kier molecular flexibility index (Phi) is 3.78. The fraction of sp³-hybridized carbons (Fsp3) is 0.769. The summed E-state index contributed by atoms with van der Waals surface area (Å²) in [5.74, 6) is -0.884. The molecule has 0 saturated carbocycles. The van der Waals surface area contributed by atoms with Crippen molar-refractivity contribution in [3.05, 3.63) is 0 Å². The molecule has 19 heavy (non-hydrogen) atoms. The van der Waals surface area contributed by atoms with Crippen molar-refractivity contribution in [1.29, 1.82) is 0 Å². The van der Waals surface area contributed by atoms with Gasteiger partial charge in [0.05, 0.1) is 11.3 Å². The minimum Gasteiger partial charge on any atom is -0.481 e. The van der Waals surface area contributed by atoms with Gasteiger partial charge < -0.3 is 15.3 Å². The van der Waals surface area contributed by atoms with Gasteiger partial charge in [0.2, 0.25) is 11.8 Å². The standard InChI is InChI=1S/C13H20N2O4/c1-13(12(18)19)4-6-15(7-5-13)11(17)9-2-3-10(16)14-8-9/h9H,2-8H2,1H3,(H,14,16)(H,18,19). The summed E-state index contributed by atoms with van der Waals surface area (Å²) in [6.07, 6.45) is 1.98. The average molecular weight is 268 g/mol. The number of piperidine rings is 2. The molecule has 0 spiro atoms. The molecule has 2 fully saturated rings. The second kappa shape index (κ2) is 5.19. The first-order chi connectivity index (χ1) is 8.92. The highest BCUT2D eigenvalue weighted by Gasteiger charge is 2.39. The summed E-state index contributed by atoms with van der Waals surface area (Å²) in [6, 6.07) is 0. The lowest BCUT2D eigenvalue weighted by molar-refractivity contribution is -0.154. The molecule has 6 nitrogen and oxygen atoms in total. The molecule has 0 radical (unpaired) electrons. The maximum absolute atomic E-state index is 12.3. The van der Waals surface area contributed by atoms with Crippen LogP contribution < -0.4 is 5.32 Å². The van der Waals surface area contributed by atoms with E-state index in [9.17, 15) is 14.4 Å². The molecule has 2 rings (SSSR count). The largest absolute Gasteiger partial charge is 0.481 e. The van der Waals surface area contributed by atoms with Crippen molar-refractivity contribution in [2.45, 2.75) is 32.6 Å². The lowest BCUT2D eigenvalue weighted by Crippen LogP contribution is -2.50. The number of hydrogen-bond donors (Lipinski definition) is 2. The van der Waals surface area contributed by atoms with Gasteiger partial charge >= 0.3 is 5.97 Å². The summed E-state index contributed by atoms with van der Waals surface area (Å²) in [4.78, 5) is 36.2. The van der Waals surface area contributed by atoms with E-state index < -0.39 is 11.4 Å². The molecule has 2 aliphatic rings. The maximum Gasteiger partial charge on any atom is 0.309 e. The number of likely N-dealkylation sites (tertiary alicyclic amines) is 1. The number of rotatable bonds is 2. The number of nitrogens with one attached hydrogen (secondary N) is 1. The number of hydrogen-bond acceptors (Lipinski definition) is 3.